The number of carbonyl (C=O) groups excluding carboxylic acids is 1. The third kappa shape index (κ3) is 1.16. The molecule has 0 atom stereocenters. The Morgan fingerprint density at radius 2 is 2.20 bits per heavy atom. The summed E-state index contributed by atoms with van der Waals surface area (Å²) in [4.78, 5) is 10.9. The van der Waals surface area contributed by atoms with Crippen LogP contribution < -0.4 is 5.32 Å². The highest BCUT2D eigenvalue weighted by Gasteiger charge is 2.06. The van der Waals surface area contributed by atoms with Gasteiger partial charge >= 0.3 is 0 Å². The van der Waals surface area contributed by atoms with Gasteiger partial charge in [0.15, 0.2) is 0 Å². The number of likely N-dealkylation sites (N-methyl/N-ethyl adjacent to an activating group) is 1. The lowest BCUT2D eigenvalue weighted by molar-refractivity contribution is -0.111. The normalized spacial score (nSPS) is 17.1. The Bertz CT molecular complexity index is 236. The molecule has 0 aliphatic heterocycles. The van der Waals surface area contributed by atoms with Gasteiger partial charge in [0.25, 0.3) is 0 Å². The maximum absolute atomic E-state index is 10.9. The fourth-order valence-electron chi connectivity index (χ4n) is 0.773. The molecule has 0 radical (unpaired) electrons. The Morgan fingerprint density at radius 3 is 2.70 bits per heavy atom. The van der Waals surface area contributed by atoms with Crippen LogP contribution in [0.3, 0.4) is 0 Å². The molecule has 52 valence electrons. The molecule has 0 aromatic heterocycles. The molecule has 1 rings (SSSR count). The van der Waals surface area contributed by atoms with Crippen molar-refractivity contribution in [3.63, 3.8) is 0 Å². The number of hydrogen-bond acceptors (Lipinski definition) is 2. The zero-order chi connectivity index (χ0) is 7.56. The van der Waals surface area contributed by atoms with E-state index in [4.69, 9.17) is 0 Å². The number of nitrogens with one attached hydrogen (secondary N) is 1. The summed E-state index contributed by atoms with van der Waals surface area (Å²) in [6, 6.07) is 0. The monoisotopic (exact) mass is 135 g/mol. The minimum Gasteiger partial charge on any atom is -0.385 e. The molecule has 1 aliphatic rings. The maximum atomic E-state index is 10.9. The third-order valence-corrected chi connectivity index (χ3v) is 1.31. The lowest BCUT2D eigenvalue weighted by Crippen LogP contribution is -2.16. The maximum Gasteiger partial charge on any atom is 0.201 e. The number of ketones is 1. The summed E-state index contributed by atoms with van der Waals surface area (Å²) in [5.74, 6) is 0.00917. The summed E-state index contributed by atoms with van der Waals surface area (Å²) in [5.41, 5.74) is 1.46. The van der Waals surface area contributed by atoms with Gasteiger partial charge in [-0.05, 0) is 17.7 Å². The molecule has 1 N–H and O–H groups in total. The van der Waals surface area contributed by atoms with Crippen LogP contribution in [0, 0.1) is 0 Å². The Hall–Kier alpha value is -1.31. The van der Waals surface area contributed by atoms with E-state index in [1.165, 1.54) is 6.08 Å². The van der Waals surface area contributed by atoms with Gasteiger partial charge in [0.1, 0.15) is 0 Å². The van der Waals surface area contributed by atoms with Crippen molar-refractivity contribution in [1.29, 1.82) is 0 Å². The average Bonchev–Trinajstić information content (AvgIpc) is 1.94. The van der Waals surface area contributed by atoms with Crippen molar-refractivity contribution in [2.75, 3.05) is 7.05 Å². The first-order valence-electron chi connectivity index (χ1n) is 3.05. The van der Waals surface area contributed by atoms with Gasteiger partial charge < -0.3 is 5.32 Å². The van der Waals surface area contributed by atoms with Crippen molar-refractivity contribution in [3.8, 4) is 0 Å². The van der Waals surface area contributed by atoms with E-state index in [0.29, 0.717) is 5.70 Å². The van der Waals surface area contributed by atoms with Crippen molar-refractivity contribution in [2.45, 2.75) is 0 Å². The van der Waals surface area contributed by atoms with Crippen LogP contribution in [0.25, 0.3) is 0 Å². The van der Waals surface area contributed by atoms with E-state index in [2.05, 4.69) is 11.9 Å². The molecule has 0 saturated heterocycles. The predicted molar refractivity (Wildman–Crippen MR) is 40.4 cm³/mol. The van der Waals surface area contributed by atoms with Gasteiger partial charge in [-0.3, -0.25) is 4.79 Å². The fraction of sp³-hybridized carbons (Fsp3) is 0.125. The van der Waals surface area contributed by atoms with Gasteiger partial charge in [-0.15, -0.1) is 0 Å². The molecular weight excluding hydrogens is 126 g/mol. The Labute approximate surface area is 59.9 Å². The molecule has 0 aromatic carbocycles. The van der Waals surface area contributed by atoms with Gasteiger partial charge in [0.2, 0.25) is 5.78 Å². The Balaban J connectivity index is 2.89. The predicted octanol–water partition coefficient (Wildman–Crippen LogP) is 0.785. The van der Waals surface area contributed by atoms with E-state index in [9.17, 15) is 4.79 Å². The van der Waals surface area contributed by atoms with E-state index < -0.39 is 0 Å². The van der Waals surface area contributed by atoms with Gasteiger partial charge in [-0.25, -0.2) is 0 Å². The first-order chi connectivity index (χ1) is 4.74. The van der Waals surface area contributed by atoms with Gasteiger partial charge in [-0.2, -0.15) is 0 Å². The highest BCUT2D eigenvalue weighted by Crippen LogP contribution is 2.07. The molecule has 2 heteroatoms. The van der Waals surface area contributed by atoms with E-state index >= 15 is 0 Å². The van der Waals surface area contributed by atoms with E-state index in [1.807, 2.05) is 0 Å². The number of carbonyl (C=O) groups is 1. The SMILES string of the molecule is C=C1C=CC(=O)C(NC)=C1. The van der Waals surface area contributed by atoms with Crippen LogP contribution >= 0.6 is 0 Å². The first kappa shape index (κ1) is 6.81. The van der Waals surface area contributed by atoms with Crippen LogP contribution in [-0.2, 0) is 4.79 Å². The van der Waals surface area contributed by atoms with Crippen molar-refractivity contribution in [3.05, 3.63) is 36.1 Å². The lowest BCUT2D eigenvalue weighted by Gasteiger charge is -2.06. The molecule has 0 unspecified atom stereocenters. The zero-order valence-corrected chi connectivity index (χ0v) is 5.85. The number of allylic oxidation sites excluding steroid dienone is 4. The number of rotatable bonds is 1. The van der Waals surface area contributed by atoms with Gasteiger partial charge in [0, 0.05) is 7.05 Å². The average molecular weight is 135 g/mol. The second kappa shape index (κ2) is 2.52. The minimum absolute atomic E-state index is 0.00917. The summed E-state index contributed by atoms with van der Waals surface area (Å²) in [7, 11) is 1.72. The van der Waals surface area contributed by atoms with E-state index in [-0.39, 0.29) is 5.78 Å². The molecule has 0 aromatic rings. The molecule has 1 aliphatic carbocycles. The van der Waals surface area contributed by atoms with Crippen LogP contribution in [0.1, 0.15) is 0 Å². The largest absolute Gasteiger partial charge is 0.385 e. The quantitative estimate of drug-likeness (QED) is 0.575. The Kier molecular flexibility index (Phi) is 1.71. The van der Waals surface area contributed by atoms with Crippen LogP contribution in [0.4, 0.5) is 0 Å². The highest BCUT2D eigenvalue weighted by atomic mass is 16.1. The van der Waals surface area contributed by atoms with Gasteiger partial charge in [0.05, 0.1) is 5.70 Å². The zero-order valence-electron chi connectivity index (χ0n) is 5.85. The van der Waals surface area contributed by atoms with Crippen LogP contribution in [0.2, 0.25) is 0 Å². The summed E-state index contributed by atoms with van der Waals surface area (Å²) in [6.07, 6.45) is 4.93. The van der Waals surface area contributed by atoms with Crippen LogP contribution in [0.15, 0.2) is 36.1 Å². The molecule has 0 amide bonds. The van der Waals surface area contributed by atoms with Crippen molar-refractivity contribution in [1.82, 2.24) is 5.32 Å². The smallest absolute Gasteiger partial charge is 0.201 e. The lowest BCUT2D eigenvalue weighted by atomic mass is 10.1. The molecule has 2 nitrogen and oxygen atoms in total. The van der Waals surface area contributed by atoms with Crippen molar-refractivity contribution in [2.24, 2.45) is 0 Å². The van der Waals surface area contributed by atoms with Crippen molar-refractivity contribution < 1.29 is 4.79 Å². The topological polar surface area (TPSA) is 29.1 Å². The Morgan fingerprint density at radius 1 is 1.50 bits per heavy atom. The molecule has 0 spiro atoms. The molecular formula is C8H9NO. The summed E-state index contributed by atoms with van der Waals surface area (Å²) >= 11 is 0. The van der Waals surface area contributed by atoms with Crippen LogP contribution in [-0.4, -0.2) is 12.8 Å². The molecule has 0 heterocycles. The number of hydrogen-bond donors (Lipinski definition) is 1. The first-order valence-corrected chi connectivity index (χ1v) is 3.05. The molecule has 0 saturated carbocycles. The van der Waals surface area contributed by atoms with E-state index in [1.54, 1.807) is 19.2 Å². The van der Waals surface area contributed by atoms with E-state index in [0.717, 1.165) is 5.57 Å². The molecule has 10 heavy (non-hydrogen) atoms. The van der Waals surface area contributed by atoms with Crippen molar-refractivity contribution >= 4 is 5.78 Å². The standard InChI is InChI=1S/C8H9NO/c1-6-3-4-8(10)7(5-6)9-2/h3-5,9H,1H2,2H3. The minimum atomic E-state index is 0.00917. The summed E-state index contributed by atoms with van der Waals surface area (Å²) in [5, 5.41) is 2.78. The fourth-order valence-corrected chi connectivity index (χ4v) is 0.773. The molecule has 0 fully saturated rings. The molecule has 0 bridgehead atoms. The van der Waals surface area contributed by atoms with Gasteiger partial charge in [-0.1, -0.05) is 12.7 Å². The second-order valence-electron chi connectivity index (χ2n) is 2.08. The highest BCUT2D eigenvalue weighted by molar-refractivity contribution is 6.05. The van der Waals surface area contributed by atoms with Crippen LogP contribution in [0.5, 0.6) is 0 Å². The second-order valence-corrected chi connectivity index (χ2v) is 2.08. The third-order valence-electron chi connectivity index (χ3n) is 1.31. The summed E-state index contributed by atoms with van der Waals surface area (Å²) in [6.45, 7) is 3.69. The summed E-state index contributed by atoms with van der Waals surface area (Å²) < 4.78 is 0.